The summed E-state index contributed by atoms with van der Waals surface area (Å²) in [5.41, 5.74) is 3.15. The molecule has 0 bridgehead atoms. The molecule has 0 atom stereocenters. The number of nitrogen functional groups attached to an aromatic ring is 1. The average Bonchev–Trinajstić information content (AvgIpc) is 2.33. The van der Waals surface area contributed by atoms with Gasteiger partial charge in [-0.15, -0.1) is 0 Å². The lowest BCUT2D eigenvalue weighted by atomic mass is 10.0. The number of nitrogens with zero attached hydrogens (tertiary/aromatic N) is 3. The minimum absolute atomic E-state index is 0.0376. The van der Waals surface area contributed by atoms with Crippen LogP contribution in [0.25, 0.3) is 0 Å². The molecule has 0 unspecified atom stereocenters. The predicted octanol–water partition coefficient (Wildman–Crippen LogP) is 2.27. The molecule has 1 aromatic rings. The molecule has 19 heavy (non-hydrogen) atoms. The fourth-order valence-corrected chi connectivity index (χ4v) is 1.74. The van der Waals surface area contributed by atoms with Gasteiger partial charge in [-0.25, -0.2) is 15.8 Å². The molecule has 0 radical (unpaired) electrons. The summed E-state index contributed by atoms with van der Waals surface area (Å²) in [6.45, 7) is 3.64. The van der Waals surface area contributed by atoms with Crippen LogP contribution in [0.1, 0.15) is 31.7 Å². The molecule has 0 aliphatic rings. The van der Waals surface area contributed by atoms with Gasteiger partial charge in [0.1, 0.15) is 18.0 Å². The van der Waals surface area contributed by atoms with Crippen LogP contribution >= 0.6 is 0 Å². The maximum atomic E-state index is 12.2. The van der Waals surface area contributed by atoms with Crippen molar-refractivity contribution in [2.24, 2.45) is 5.84 Å². The molecule has 5 nitrogen and oxygen atoms in total. The minimum Gasteiger partial charge on any atom is -0.359 e. The van der Waals surface area contributed by atoms with E-state index in [0.717, 1.165) is 0 Å². The molecule has 0 fully saturated rings. The maximum Gasteiger partial charge on any atom is 0.390 e. The summed E-state index contributed by atoms with van der Waals surface area (Å²) in [5.74, 6) is 6.29. The Hall–Kier alpha value is -1.57. The van der Waals surface area contributed by atoms with Gasteiger partial charge in [-0.1, -0.05) is 13.8 Å². The summed E-state index contributed by atoms with van der Waals surface area (Å²) in [7, 11) is 1.57. The Labute approximate surface area is 110 Å². The monoisotopic (exact) mass is 277 g/mol. The van der Waals surface area contributed by atoms with Gasteiger partial charge in [-0.3, -0.25) is 0 Å². The molecule has 8 heteroatoms. The van der Waals surface area contributed by atoms with Crippen molar-refractivity contribution in [3.8, 4) is 0 Å². The summed E-state index contributed by atoms with van der Waals surface area (Å²) in [6, 6.07) is 0. The third-order valence-electron chi connectivity index (χ3n) is 2.67. The van der Waals surface area contributed by atoms with Crippen LogP contribution in [-0.4, -0.2) is 29.7 Å². The standard InChI is InChI=1S/C11H18F3N5/c1-7(2)8-9(18-15)16-6-17-10(8)19(3)5-4-11(12,13)14/h6-7H,4-5,15H2,1-3H3,(H,16,17,18). The molecule has 108 valence electrons. The number of halogens is 3. The molecule has 0 amide bonds. The van der Waals surface area contributed by atoms with Gasteiger partial charge in [-0.2, -0.15) is 13.2 Å². The van der Waals surface area contributed by atoms with E-state index in [1.807, 2.05) is 13.8 Å². The van der Waals surface area contributed by atoms with Gasteiger partial charge in [0.15, 0.2) is 0 Å². The van der Waals surface area contributed by atoms with E-state index in [4.69, 9.17) is 5.84 Å². The first-order valence-electron chi connectivity index (χ1n) is 5.85. The summed E-state index contributed by atoms with van der Waals surface area (Å²) < 4.78 is 36.7. The van der Waals surface area contributed by atoms with Crippen molar-refractivity contribution in [1.29, 1.82) is 0 Å². The number of alkyl halides is 3. The highest BCUT2D eigenvalue weighted by molar-refractivity contribution is 5.59. The van der Waals surface area contributed by atoms with Crippen molar-refractivity contribution in [3.05, 3.63) is 11.9 Å². The lowest BCUT2D eigenvalue weighted by Gasteiger charge is -2.24. The topological polar surface area (TPSA) is 67.1 Å². The van der Waals surface area contributed by atoms with E-state index >= 15 is 0 Å². The van der Waals surface area contributed by atoms with Crippen molar-refractivity contribution < 1.29 is 13.2 Å². The zero-order valence-corrected chi connectivity index (χ0v) is 11.1. The number of rotatable bonds is 5. The van der Waals surface area contributed by atoms with Crippen molar-refractivity contribution >= 4 is 11.6 Å². The zero-order valence-electron chi connectivity index (χ0n) is 11.1. The largest absolute Gasteiger partial charge is 0.390 e. The number of hydrogen-bond acceptors (Lipinski definition) is 5. The fourth-order valence-electron chi connectivity index (χ4n) is 1.74. The third-order valence-corrected chi connectivity index (χ3v) is 2.67. The number of nitrogens with one attached hydrogen (secondary N) is 1. The van der Waals surface area contributed by atoms with Crippen LogP contribution in [0.5, 0.6) is 0 Å². The molecule has 0 spiro atoms. The van der Waals surface area contributed by atoms with Gasteiger partial charge in [0.25, 0.3) is 0 Å². The summed E-state index contributed by atoms with van der Waals surface area (Å²) >= 11 is 0. The molecular formula is C11H18F3N5. The summed E-state index contributed by atoms with van der Waals surface area (Å²) in [6.07, 6.45) is -3.80. The molecule has 1 aromatic heterocycles. The Morgan fingerprint density at radius 2 is 2.00 bits per heavy atom. The first kappa shape index (κ1) is 15.5. The van der Waals surface area contributed by atoms with E-state index in [-0.39, 0.29) is 12.5 Å². The van der Waals surface area contributed by atoms with Gasteiger partial charge < -0.3 is 10.3 Å². The first-order valence-corrected chi connectivity index (χ1v) is 5.85. The normalized spacial score (nSPS) is 11.8. The van der Waals surface area contributed by atoms with Crippen molar-refractivity contribution in [2.45, 2.75) is 32.4 Å². The maximum absolute atomic E-state index is 12.2. The molecule has 1 heterocycles. The summed E-state index contributed by atoms with van der Waals surface area (Å²) in [5, 5.41) is 0. The SMILES string of the molecule is CC(C)c1c(NN)ncnc1N(C)CCC(F)(F)F. The minimum atomic E-state index is -4.19. The van der Waals surface area contributed by atoms with Crippen LogP contribution < -0.4 is 16.2 Å². The smallest absolute Gasteiger partial charge is 0.359 e. The molecule has 0 aliphatic carbocycles. The van der Waals surface area contributed by atoms with Gasteiger partial charge in [-0.05, 0) is 5.92 Å². The quantitative estimate of drug-likeness (QED) is 0.638. The second kappa shape index (κ2) is 6.05. The van der Waals surface area contributed by atoms with Crippen molar-refractivity contribution in [3.63, 3.8) is 0 Å². The molecule has 3 N–H and O–H groups in total. The number of nitrogens with two attached hydrogens (primary N) is 1. The highest BCUT2D eigenvalue weighted by atomic mass is 19.4. The van der Waals surface area contributed by atoms with Crippen molar-refractivity contribution in [1.82, 2.24) is 9.97 Å². The lowest BCUT2D eigenvalue weighted by Crippen LogP contribution is -2.27. The Morgan fingerprint density at radius 3 is 2.47 bits per heavy atom. The van der Waals surface area contributed by atoms with Crippen LogP contribution in [0, 0.1) is 0 Å². The predicted molar refractivity (Wildman–Crippen MR) is 67.9 cm³/mol. The lowest BCUT2D eigenvalue weighted by molar-refractivity contribution is -0.132. The van der Waals surface area contributed by atoms with Gasteiger partial charge in [0, 0.05) is 19.2 Å². The van der Waals surface area contributed by atoms with E-state index in [1.54, 1.807) is 7.05 Å². The van der Waals surface area contributed by atoms with Gasteiger partial charge in [0.2, 0.25) is 0 Å². The van der Waals surface area contributed by atoms with Gasteiger partial charge >= 0.3 is 6.18 Å². The second-order valence-corrected chi connectivity index (χ2v) is 4.55. The van der Waals surface area contributed by atoms with Crippen LogP contribution in [0.3, 0.4) is 0 Å². The second-order valence-electron chi connectivity index (χ2n) is 4.55. The number of aromatic nitrogens is 2. The van der Waals surface area contributed by atoms with Crippen molar-refractivity contribution in [2.75, 3.05) is 23.9 Å². The zero-order chi connectivity index (χ0) is 14.6. The third kappa shape index (κ3) is 4.23. The van der Waals surface area contributed by atoms with Gasteiger partial charge in [0.05, 0.1) is 6.42 Å². The Bertz CT molecular complexity index is 419. The Balaban J connectivity index is 2.99. The molecular weight excluding hydrogens is 259 g/mol. The molecule has 0 aliphatic heterocycles. The number of anilines is 2. The molecule has 0 saturated carbocycles. The van der Waals surface area contributed by atoms with E-state index in [0.29, 0.717) is 17.2 Å². The Morgan fingerprint density at radius 1 is 1.37 bits per heavy atom. The van der Waals surface area contributed by atoms with Crippen LogP contribution in [0.15, 0.2) is 6.33 Å². The first-order chi connectivity index (χ1) is 8.76. The fraction of sp³-hybridized carbons (Fsp3) is 0.636. The highest BCUT2D eigenvalue weighted by Crippen LogP contribution is 2.30. The van der Waals surface area contributed by atoms with Crippen LogP contribution in [0.2, 0.25) is 0 Å². The molecule has 0 aromatic carbocycles. The highest BCUT2D eigenvalue weighted by Gasteiger charge is 2.28. The van der Waals surface area contributed by atoms with E-state index in [1.165, 1.54) is 11.2 Å². The van der Waals surface area contributed by atoms with E-state index in [2.05, 4.69) is 15.4 Å². The number of hydrazine groups is 1. The van der Waals surface area contributed by atoms with E-state index in [9.17, 15) is 13.2 Å². The number of hydrogen-bond donors (Lipinski definition) is 2. The molecule has 1 rings (SSSR count). The average molecular weight is 277 g/mol. The summed E-state index contributed by atoms with van der Waals surface area (Å²) in [4.78, 5) is 9.50. The van der Waals surface area contributed by atoms with Crippen LogP contribution in [0.4, 0.5) is 24.8 Å². The Kier molecular flexibility index (Phi) is 4.93. The van der Waals surface area contributed by atoms with E-state index < -0.39 is 12.6 Å². The molecule has 0 saturated heterocycles. The van der Waals surface area contributed by atoms with Crippen LogP contribution in [-0.2, 0) is 0 Å².